The third-order valence-electron chi connectivity index (χ3n) is 3.21. The van der Waals surface area contributed by atoms with Crippen LogP contribution in [0.5, 0.6) is 0 Å². The highest BCUT2D eigenvalue weighted by molar-refractivity contribution is 7.89. The predicted octanol–water partition coefficient (Wildman–Crippen LogP) is 1.05. The van der Waals surface area contributed by atoms with Crippen LogP contribution in [0.15, 0.2) is 0 Å². The summed E-state index contributed by atoms with van der Waals surface area (Å²) < 4.78 is 25.8. The van der Waals surface area contributed by atoms with Crippen molar-refractivity contribution in [2.75, 3.05) is 25.9 Å². The van der Waals surface area contributed by atoms with Crippen LogP contribution in [-0.2, 0) is 10.0 Å². The molecule has 16 heavy (non-hydrogen) atoms. The summed E-state index contributed by atoms with van der Waals surface area (Å²) in [4.78, 5) is 0. The standard InChI is InChI=1S/C11H24N2O2S/c1-11(2,3)13(4)16(14,15)9-10-6-5-7-12-8-10/h10,12H,5-9H2,1-4H3. The van der Waals surface area contributed by atoms with Gasteiger partial charge < -0.3 is 5.32 Å². The Morgan fingerprint density at radius 3 is 2.44 bits per heavy atom. The van der Waals surface area contributed by atoms with E-state index in [0.29, 0.717) is 0 Å². The first-order chi connectivity index (χ1) is 7.23. The molecule has 1 rings (SSSR count). The lowest BCUT2D eigenvalue weighted by Gasteiger charge is -2.33. The molecule has 1 atom stereocenters. The largest absolute Gasteiger partial charge is 0.316 e. The number of hydrogen-bond acceptors (Lipinski definition) is 3. The van der Waals surface area contributed by atoms with Gasteiger partial charge in [0, 0.05) is 12.6 Å². The molecule has 0 aromatic rings. The smallest absolute Gasteiger partial charge is 0.214 e. The van der Waals surface area contributed by atoms with Gasteiger partial charge in [-0.25, -0.2) is 8.42 Å². The van der Waals surface area contributed by atoms with Gasteiger partial charge in [-0.05, 0) is 52.6 Å². The van der Waals surface area contributed by atoms with Gasteiger partial charge in [-0.15, -0.1) is 0 Å². The first-order valence-electron chi connectivity index (χ1n) is 5.91. The molecule has 0 aromatic heterocycles. The Balaban J connectivity index is 2.63. The monoisotopic (exact) mass is 248 g/mol. The Kier molecular flexibility index (Phi) is 4.37. The molecular weight excluding hydrogens is 224 g/mol. The summed E-state index contributed by atoms with van der Waals surface area (Å²) in [5, 5.41) is 3.25. The van der Waals surface area contributed by atoms with Crippen molar-refractivity contribution in [3.63, 3.8) is 0 Å². The third kappa shape index (κ3) is 3.71. The number of sulfonamides is 1. The lowest BCUT2D eigenvalue weighted by atomic mass is 10.0. The zero-order chi connectivity index (χ0) is 12.4. The second-order valence-corrected chi connectivity index (χ2v) is 7.67. The van der Waals surface area contributed by atoms with Crippen LogP contribution in [0.2, 0.25) is 0 Å². The van der Waals surface area contributed by atoms with Gasteiger partial charge in [-0.1, -0.05) is 0 Å². The summed E-state index contributed by atoms with van der Waals surface area (Å²) >= 11 is 0. The lowest BCUT2D eigenvalue weighted by molar-refractivity contribution is 0.287. The van der Waals surface area contributed by atoms with Crippen molar-refractivity contribution in [3.05, 3.63) is 0 Å². The second-order valence-electron chi connectivity index (χ2n) is 5.63. The minimum Gasteiger partial charge on any atom is -0.316 e. The molecule has 0 radical (unpaired) electrons. The minimum atomic E-state index is -3.12. The van der Waals surface area contributed by atoms with E-state index in [9.17, 15) is 8.42 Å². The normalized spacial score (nSPS) is 23.7. The number of nitrogens with zero attached hydrogens (tertiary/aromatic N) is 1. The highest BCUT2D eigenvalue weighted by atomic mass is 32.2. The summed E-state index contributed by atoms with van der Waals surface area (Å²) in [6.45, 7) is 7.61. The Hall–Kier alpha value is -0.130. The predicted molar refractivity (Wildman–Crippen MR) is 66.9 cm³/mol. The highest BCUT2D eigenvalue weighted by Gasteiger charge is 2.31. The van der Waals surface area contributed by atoms with E-state index in [1.54, 1.807) is 7.05 Å². The van der Waals surface area contributed by atoms with Crippen LogP contribution in [0.1, 0.15) is 33.6 Å². The van der Waals surface area contributed by atoms with E-state index in [1.807, 2.05) is 20.8 Å². The SMILES string of the molecule is CN(C(C)(C)C)S(=O)(=O)CC1CCCNC1. The van der Waals surface area contributed by atoms with E-state index in [2.05, 4.69) is 5.32 Å². The molecule has 0 aromatic carbocycles. The first-order valence-corrected chi connectivity index (χ1v) is 7.52. The quantitative estimate of drug-likeness (QED) is 0.812. The van der Waals surface area contributed by atoms with Gasteiger partial charge in [0.2, 0.25) is 10.0 Å². The second kappa shape index (κ2) is 5.02. The molecule has 1 unspecified atom stereocenters. The van der Waals surface area contributed by atoms with Gasteiger partial charge in [0.05, 0.1) is 5.75 Å². The van der Waals surface area contributed by atoms with Gasteiger partial charge in [-0.3, -0.25) is 0 Å². The molecule has 0 spiro atoms. The van der Waals surface area contributed by atoms with Crippen LogP contribution in [0.25, 0.3) is 0 Å². The Labute approximate surface area is 99.5 Å². The van der Waals surface area contributed by atoms with Gasteiger partial charge >= 0.3 is 0 Å². The zero-order valence-electron chi connectivity index (χ0n) is 10.8. The van der Waals surface area contributed by atoms with E-state index in [1.165, 1.54) is 4.31 Å². The summed E-state index contributed by atoms with van der Waals surface area (Å²) in [6.07, 6.45) is 2.10. The van der Waals surface area contributed by atoms with Crippen molar-refractivity contribution in [2.24, 2.45) is 5.92 Å². The fourth-order valence-electron chi connectivity index (χ4n) is 1.89. The van der Waals surface area contributed by atoms with Gasteiger partial charge in [0.15, 0.2) is 0 Å². The Morgan fingerprint density at radius 1 is 1.38 bits per heavy atom. The van der Waals surface area contributed by atoms with E-state index in [-0.39, 0.29) is 17.2 Å². The molecule has 96 valence electrons. The van der Waals surface area contributed by atoms with E-state index in [0.717, 1.165) is 25.9 Å². The van der Waals surface area contributed by atoms with Crippen molar-refractivity contribution in [1.82, 2.24) is 9.62 Å². The van der Waals surface area contributed by atoms with Gasteiger partial charge in [0.25, 0.3) is 0 Å². The summed E-state index contributed by atoms with van der Waals surface area (Å²) in [7, 11) is -1.45. The third-order valence-corrected chi connectivity index (χ3v) is 5.48. The molecule has 0 saturated carbocycles. The van der Waals surface area contributed by atoms with Crippen LogP contribution >= 0.6 is 0 Å². The molecular formula is C11H24N2O2S. The Bertz CT molecular complexity index is 313. The lowest BCUT2D eigenvalue weighted by Crippen LogP contribution is -2.46. The number of nitrogens with one attached hydrogen (secondary N) is 1. The van der Waals surface area contributed by atoms with Crippen molar-refractivity contribution < 1.29 is 8.42 Å². The fraction of sp³-hybridized carbons (Fsp3) is 1.00. The number of piperidine rings is 1. The van der Waals surface area contributed by atoms with Gasteiger partial charge in [-0.2, -0.15) is 4.31 Å². The van der Waals surface area contributed by atoms with E-state index in [4.69, 9.17) is 0 Å². The van der Waals surface area contributed by atoms with Crippen molar-refractivity contribution >= 4 is 10.0 Å². The maximum atomic E-state index is 12.1. The van der Waals surface area contributed by atoms with Crippen molar-refractivity contribution in [2.45, 2.75) is 39.2 Å². The Morgan fingerprint density at radius 2 is 2.00 bits per heavy atom. The molecule has 1 aliphatic heterocycles. The average Bonchev–Trinajstić information content (AvgIpc) is 2.16. The van der Waals surface area contributed by atoms with Crippen LogP contribution in [0.3, 0.4) is 0 Å². The molecule has 5 heteroatoms. The molecule has 1 fully saturated rings. The van der Waals surface area contributed by atoms with Gasteiger partial charge in [0.1, 0.15) is 0 Å². The first kappa shape index (κ1) is 13.9. The summed E-state index contributed by atoms with van der Waals surface area (Å²) in [5.41, 5.74) is -0.332. The molecule has 0 amide bonds. The van der Waals surface area contributed by atoms with Crippen LogP contribution in [0, 0.1) is 5.92 Å². The van der Waals surface area contributed by atoms with Crippen LogP contribution in [-0.4, -0.2) is 44.2 Å². The van der Waals surface area contributed by atoms with E-state index < -0.39 is 10.0 Å². The molecule has 0 aliphatic carbocycles. The average molecular weight is 248 g/mol. The zero-order valence-corrected chi connectivity index (χ0v) is 11.6. The maximum absolute atomic E-state index is 12.1. The molecule has 1 aliphatic rings. The minimum absolute atomic E-state index is 0.267. The van der Waals surface area contributed by atoms with Crippen molar-refractivity contribution in [1.29, 1.82) is 0 Å². The van der Waals surface area contributed by atoms with Crippen LogP contribution < -0.4 is 5.32 Å². The van der Waals surface area contributed by atoms with Crippen molar-refractivity contribution in [3.8, 4) is 0 Å². The number of rotatable bonds is 3. The molecule has 1 N–H and O–H groups in total. The summed E-state index contributed by atoms with van der Waals surface area (Å²) in [6, 6.07) is 0. The number of hydrogen-bond donors (Lipinski definition) is 1. The van der Waals surface area contributed by atoms with E-state index >= 15 is 0 Å². The highest BCUT2D eigenvalue weighted by Crippen LogP contribution is 2.20. The molecule has 1 saturated heterocycles. The van der Waals surface area contributed by atoms with Crippen LogP contribution in [0.4, 0.5) is 0 Å². The topological polar surface area (TPSA) is 49.4 Å². The molecule has 0 bridgehead atoms. The summed E-state index contributed by atoms with van der Waals surface area (Å²) in [5.74, 6) is 0.539. The molecule has 4 nitrogen and oxygen atoms in total. The molecule has 1 heterocycles. The maximum Gasteiger partial charge on any atom is 0.214 e. The fourth-order valence-corrected chi connectivity index (χ4v) is 3.83.